The summed E-state index contributed by atoms with van der Waals surface area (Å²) >= 11 is 0. The fourth-order valence-corrected chi connectivity index (χ4v) is 8.01. The predicted molar refractivity (Wildman–Crippen MR) is 237 cm³/mol. The number of hydrogen-bond donors (Lipinski definition) is 5. The van der Waals surface area contributed by atoms with Gasteiger partial charge in [-0.3, -0.25) is 20.0 Å². The summed E-state index contributed by atoms with van der Waals surface area (Å²) < 4.78 is 1.98. The Morgan fingerprint density at radius 3 is 2.21 bits per heavy atom. The van der Waals surface area contributed by atoms with Crippen LogP contribution in [0.5, 0.6) is 0 Å². The standard InChI is InChI=1S/C47H59N9O6/c1-7-31(2)41(51-45(60)61)43(58)52-55(28-33-20-22-34(23-21-33)35-17-13-14-24-48-35)29-39(57)37(27-32-15-9-8-10-16-32)50-44(59)42(47(3,4)5)56-26-25-54(46(56)62)30-40-49-36-18-11-12-19-38(36)53(40)6/h8-24,31,37,39,41-42,51,57H,7,25-30H2,1-6H3,(H,50,59)(H,52,58)(H,60,61)/t31-,37-,39-,41-,42+/m0/s1. The van der Waals surface area contributed by atoms with Gasteiger partial charge in [0.1, 0.15) is 17.9 Å². The van der Waals surface area contributed by atoms with E-state index in [4.69, 9.17) is 4.98 Å². The highest BCUT2D eigenvalue weighted by atomic mass is 16.4. The molecule has 0 spiro atoms. The van der Waals surface area contributed by atoms with E-state index in [9.17, 15) is 29.4 Å². The molecule has 62 heavy (non-hydrogen) atoms. The van der Waals surface area contributed by atoms with E-state index in [1.54, 1.807) is 27.9 Å². The lowest BCUT2D eigenvalue weighted by Gasteiger charge is -2.38. The minimum Gasteiger partial charge on any atom is -0.465 e. The molecule has 5 N–H and O–H groups in total. The summed E-state index contributed by atoms with van der Waals surface area (Å²) in [6.45, 7) is 10.4. The third-order valence-electron chi connectivity index (χ3n) is 11.5. The smallest absolute Gasteiger partial charge is 0.405 e. The average Bonchev–Trinajstić information content (AvgIpc) is 3.76. The molecule has 1 aliphatic heterocycles. The highest BCUT2D eigenvalue weighted by Gasteiger charge is 2.44. The molecule has 3 aromatic carbocycles. The van der Waals surface area contributed by atoms with Gasteiger partial charge in [0.25, 0.3) is 5.91 Å². The van der Waals surface area contributed by atoms with Crippen LogP contribution in [0.4, 0.5) is 9.59 Å². The summed E-state index contributed by atoms with van der Waals surface area (Å²) in [7, 11) is 1.93. The zero-order valence-electron chi connectivity index (χ0n) is 36.4. The van der Waals surface area contributed by atoms with Gasteiger partial charge in [0, 0.05) is 45.0 Å². The summed E-state index contributed by atoms with van der Waals surface area (Å²) in [6.07, 6.45) is -0.0732. The van der Waals surface area contributed by atoms with Gasteiger partial charge < -0.3 is 35.2 Å². The number of aryl methyl sites for hydroxylation is 1. The molecule has 1 fully saturated rings. The van der Waals surface area contributed by atoms with Gasteiger partial charge in [-0.1, -0.05) is 114 Å². The Balaban J connectivity index is 1.25. The number of para-hydroxylation sites is 2. The summed E-state index contributed by atoms with van der Waals surface area (Å²) in [5.74, 6) is -0.591. The lowest BCUT2D eigenvalue weighted by atomic mass is 9.84. The molecular weight excluding hydrogens is 787 g/mol. The lowest BCUT2D eigenvalue weighted by Crippen LogP contribution is -2.60. The number of nitrogens with one attached hydrogen (secondary N) is 3. The van der Waals surface area contributed by atoms with Crippen molar-refractivity contribution in [1.29, 1.82) is 0 Å². The Bertz CT molecular complexity index is 2300. The van der Waals surface area contributed by atoms with Gasteiger partial charge in [0.15, 0.2) is 0 Å². The van der Waals surface area contributed by atoms with E-state index in [1.807, 2.05) is 136 Å². The van der Waals surface area contributed by atoms with Gasteiger partial charge in [-0.05, 0) is 53.1 Å². The van der Waals surface area contributed by atoms with Crippen molar-refractivity contribution in [1.82, 2.24) is 45.4 Å². The van der Waals surface area contributed by atoms with Crippen LogP contribution in [0, 0.1) is 11.3 Å². The monoisotopic (exact) mass is 845 g/mol. The molecule has 5 atom stereocenters. The number of carbonyl (C=O) groups is 4. The number of aromatic nitrogens is 3. The number of fused-ring (bicyclic) bond motifs is 1. The first kappa shape index (κ1) is 45.2. The van der Waals surface area contributed by atoms with Crippen molar-refractivity contribution in [2.24, 2.45) is 18.4 Å². The minimum absolute atomic E-state index is 0.138. The SMILES string of the molecule is CC[C@H](C)[C@H](NC(=O)O)C(=O)NN(Cc1ccc(-c2ccccn2)cc1)C[C@H](O)[C@H](Cc1ccccc1)NC(=O)[C@@H](N1CCN(Cc2nc3ccccc3n2C)C1=O)C(C)(C)C. The fourth-order valence-electron chi connectivity index (χ4n) is 8.01. The van der Waals surface area contributed by atoms with Crippen molar-refractivity contribution in [2.45, 2.75) is 84.8 Å². The van der Waals surface area contributed by atoms with E-state index in [-0.39, 0.29) is 38.0 Å². The normalized spacial score (nSPS) is 15.6. The number of amides is 5. The van der Waals surface area contributed by atoms with E-state index >= 15 is 0 Å². The van der Waals surface area contributed by atoms with Crippen LogP contribution in [-0.4, -0.2) is 107 Å². The molecule has 0 unspecified atom stereocenters. The molecule has 5 amide bonds. The molecule has 15 heteroatoms. The van der Waals surface area contributed by atoms with E-state index in [1.165, 1.54) is 0 Å². The summed E-state index contributed by atoms with van der Waals surface area (Å²) in [5.41, 5.74) is 7.36. The van der Waals surface area contributed by atoms with Crippen molar-refractivity contribution in [2.75, 3.05) is 19.6 Å². The zero-order valence-corrected chi connectivity index (χ0v) is 36.4. The fraction of sp³-hybridized carbons (Fsp3) is 0.404. The number of benzene rings is 3. The Morgan fingerprint density at radius 2 is 1.56 bits per heavy atom. The molecule has 0 radical (unpaired) electrons. The molecule has 1 saturated heterocycles. The largest absolute Gasteiger partial charge is 0.465 e. The first-order chi connectivity index (χ1) is 29.6. The predicted octanol–water partition coefficient (Wildman–Crippen LogP) is 5.59. The second kappa shape index (κ2) is 20.0. The molecule has 0 saturated carbocycles. The van der Waals surface area contributed by atoms with E-state index < -0.39 is 47.6 Å². The number of hydrazine groups is 1. The van der Waals surface area contributed by atoms with Crippen LogP contribution < -0.4 is 16.1 Å². The highest BCUT2D eigenvalue weighted by Crippen LogP contribution is 2.29. The molecule has 328 valence electrons. The number of hydrogen-bond acceptors (Lipinski definition) is 8. The first-order valence-corrected chi connectivity index (χ1v) is 21.2. The average molecular weight is 846 g/mol. The van der Waals surface area contributed by atoms with Crippen LogP contribution in [0.3, 0.4) is 0 Å². The quantitative estimate of drug-likeness (QED) is 0.0702. The van der Waals surface area contributed by atoms with Crippen molar-refractivity contribution in [3.8, 4) is 11.3 Å². The maximum absolute atomic E-state index is 14.7. The van der Waals surface area contributed by atoms with Crippen LogP contribution in [0.15, 0.2) is 103 Å². The molecule has 0 bridgehead atoms. The van der Waals surface area contributed by atoms with Crippen molar-refractivity contribution in [3.63, 3.8) is 0 Å². The Hall–Kier alpha value is -6.32. The third-order valence-corrected chi connectivity index (χ3v) is 11.5. The molecule has 6 rings (SSSR count). The van der Waals surface area contributed by atoms with Crippen LogP contribution in [0.2, 0.25) is 0 Å². The number of imidazole rings is 1. The molecule has 3 heterocycles. The number of nitrogens with zero attached hydrogens (tertiary/aromatic N) is 6. The van der Waals surface area contributed by atoms with Gasteiger partial charge in [-0.25, -0.2) is 19.6 Å². The maximum atomic E-state index is 14.7. The number of carbonyl (C=O) groups excluding carboxylic acids is 3. The molecule has 1 aliphatic rings. The third kappa shape index (κ3) is 11.1. The highest BCUT2D eigenvalue weighted by molar-refractivity contribution is 5.89. The molecule has 5 aromatic rings. The lowest BCUT2D eigenvalue weighted by molar-refractivity contribution is -0.132. The second-order valence-electron chi connectivity index (χ2n) is 17.2. The zero-order chi connectivity index (χ0) is 44.6. The van der Waals surface area contributed by atoms with Gasteiger partial charge in [0.05, 0.1) is 35.4 Å². The van der Waals surface area contributed by atoms with Crippen LogP contribution in [0.1, 0.15) is 58.0 Å². The summed E-state index contributed by atoms with van der Waals surface area (Å²) in [5, 5.41) is 28.8. The van der Waals surface area contributed by atoms with E-state index in [2.05, 4.69) is 21.0 Å². The summed E-state index contributed by atoms with van der Waals surface area (Å²) in [6, 6.07) is 27.5. The van der Waals surface area contributed by atoms with Crippen molar-refractivity contribution in [3.05, 3.63) is 120 Å². The number of rotatable bonds is 18. The molecule has 0 aliphatic carbocycles. The maximum Gasteiger partial charge on any atom is 0.405 e. The Kier molecular flexibility index (Phi) is 14.6. The molecule has 2 aromatic heterocycles. The second-order valence-corrected chi connectivity index (χ2v) is 17.2. The molecular formula is C47H59N9O6. The van der Waals surface area contributed by atoms with Crippen molar-refractivity contribution < 1.29 is 29.4 Å². The number of aliphatic hydroxyl groups excluding tert-OH is 1. The van der Waals surface area contributed by atoms with Gasteiger partial charge >= 0.3 is 12.1 Å². The van der Waals surface area contributed by atoms with Crippen LogP contribution in [0.25, 0.3) is 22.3 Å². The first-order valence-electron chi connectivity index (χ1n) is 21.2. The minimum atomic E-state index is -1.33. The molecule has 15 nitrogen and oxygen atoms in total. The Labute approximate surface area is 363 Å². The van der Waals surface area contributed by atoms with Gasteiger partial charge in [-0.15, -0.1) is 0 Å². The van der Waals surface area contributed by atoms with E-state index in [0.29, 0.717) is 19.5 Å². The summed E-state index contributed by atoms with van der Waals surface area (Å²) in [4.78, 5) is 66.9. The topological polar surface area (TPSA) is 185 Å². The van der Waals surface area contributed by atoms with Gasteiger partial charge in [-0.2, -0.15) is 0 Å². The number of urea groups is 1. The Morgan fingerprint density at radius 1 is 0.871 bits per heavy atom. The van der Waals surface area contributed by atoms with Gasteiger partial charge in [0.2, 0.25) is 5.91 Å². The number of pyridine rings is 1. The number of carboxylic acid groups (broad SMARTS) is 1. The van der Waals surface area contributed by atoms with Crippen LogP contribution in [-0.2, 0) is 36.1 Å². The van der Waals surface area contributed by atoms with Crippen molar-refractivity contribution >= 4 is 35.0 Å². The van der Waals surface area contributed by atoms with E-state index in [0.717, 1.165) is 39.2 Å². The number of aliphatic hydroxyl groups is 1. The van der Waals surface area contributed by atoms with Crippen LogP contribution >= 0.6 is 0 Å².